The van der Waals surface area contributed by atoms with Crippen molar-refractivity contribution in [2.75, 3.05) is 6.54 Å². The zero-order valence-corrected chi connectivity index (χ0v) is 14.1. The van der Waals surface area contributed by atoms with Gasteiger partial charge in [0.1, 0.15) is 17.3 Å². The molecule has 2 aromatic rings. The molecule has 0 radical (unpaired) electrons. The van der Waals surface area contributed by atoms with E-state index >= 15 is 0 Å². The Morgan fingerprint density at radius 1 is 1.10 bits per heavy atom. The molecule has 0 amide bonds. The highest BCUT2D eigenvalue weighted by Crippen LogP contribution is 2.32. The van der Waals surface area contributed by atoms with E-state index in [9.17, 15) is 4.39 Å². The number of halogens is 3. The highest BCUT2D eigenvalue weighted by atomic mass is 79.9. The summed E-state index contributed by atoms with van der Waals surface area (Å²) in [6.45, 7) is 3.79. The zero-order valence-electron chi connectivity index (χ0n) is 10.9. The van der Waals surface area contributed by atoms with E-state index < -0.39 is 0 Å². The maximum atomic E-state index is 13.0. The van der Waals surface area contributed by atoms with E-state index in [1.165, 1.54) is 12.1 Å². The Labute approximate surface area is 134 Å². The van der Waals surface area contributed by atoms with Crippen LogP contribution in [0.25, 0.3) is 0 Å². The predicted molar refractivity (Wildman–Crippen MR) is 85.7 cm³/mol. The first-order valence-electron chi connectivity index (χ1n) is 6.22. The Balaban J connectivity index is 2.15. The van der Waals surface area contributed by atoms with E-state index in [4.69, 9.17) is 4.74 Å². The van der Waals surface area contributed by atoms with Gasteiger partial charge in [-0.25, -0.2) is 4.39 Å². The Kier molecular flexibility index (Phi) is 5.57. The Hall–Kier alpha value is -0.910. The summed E-state index contributed by atoms with van der Waals surface area (Å²) in [5, 5.41) is 3.27. The number of benzene rings is 2. The third-order valence-electron chi connectivity index (χ3n) is 2.71. The van der Waals surface area contributed by atoms with Gasteiger partial charge in [0.2, 0.25) is 0 Å². The highest BCUT2D eigenvalue weighted by Gasteiger charge is 2.06. The van der Waals surface area contributed by atoms with E-state index in [2.05, 4.69) is 44.1 Å². The van der Waals surface area contributed by atoms with Gasteiger partial charge in [-0.05, 0) is 58.4 Å². The molecule has 0 aromatic heterocycles. The van der Waals surface area contributed by atoms with Crippen molar-refractivity contribution in [3.63, 3.8) is 0 Å². The van der Waals surface area contributed by atoms with Crippen LogP contribution in [0.15, 0.2) is 45.3 Å². The van der Waals surface area contributed by atoms with E-state index in [1.54, 1.807) is 6.07 Å². The molecule has 0 aliphatic heterocycles. The van der Waals surface area contributed by atoms with E-state index in [-0.39, 0.29) is 5.82 Å². The van der Waals surface area contributed by atoms with Gasteiger partial charge < -0.3 is 10.1 Å². The fourth-order valence-electron chi connectivity index (χ4n) is 1.68. The molecule has 0 aliphatic carbocycles. The van der Waals surface area contributed by atoms with Crippen LogP contribution < -0.4 is 10.1 Å². The largest absolute Gasteiger partial charge is 0.456 e. The van der Waals surface area contributed by atoms with Crippen LogP contribution in [0.1, 0.15) is 12.5 Å². The third-order valence-corrected chi connectivity index (χ3v) is 4.07. The summed E-state index contributed by atoms with van der Waals surface area (Å²) in [6.07, 6.45) is 0. The molecule has 0 heterocycles. The van der Waals surface area contributed by atoms with Crippen molar-refractivity contribution in [1.29, 1.82) is 0 Å². The normalized spacial score (nSPS) is 10.6. The van der Waals surface area contributed by atoms with Crippen molar-refractivity contribution in [2.24, 2.45) is 0 Å². The summed E-state index contributed by atoms with van der Waals surface area (Å²) in [4.78, 5) is 0. The van der Waals surface area contributed by atoms with Crippen molar-refractivity contribution < 1.29 is 9.13 Å². The van der Waals surface area contributed by atoms with E-state index in [1.807, 2.05) is 18.2 Å². The molecule has 106 valence electrons. The molecule has 0 saturated heterocycles. The lowest BCUT2D eigenvalue weighted by Gasteiger charge is -2.10. The van der Waals surface area contributed by atoms with Crippen molar-refractivity contribution >= 4 is 31.9 Å². The Morgan fingerprint density at radius 2 is 1.90 bits per heavy atom. The number of ether oxygens (including phenoxy) is 1. The quantitative estimate of drug-likeness (QED) is 0.737. The molecule has 2 nitrogen and oxygen atoms in total. The minimum absolute atomic E-state index is 0.300. The average molecular weight is 403 g/mol. The van der Waals surface area contributed by atoms with Crippen LogP contribution in [0.5, 0.6) is 11.5 Å². The van der Waals surface area contributed by atoms with Crippen LogP contribution in [0, 0.1) is 5.82 Å². The van der Waals surface area contributed by atoms with Crippen molar-refractivity contribution in [1.82, 2.24) is 5.32 Å². The lowest BCUT2D eigenvalue weighted by atomic mass is 10.2. The molecule has 0 aliphatic rings. The van der Waals surface area contributed by atoms with Crippen LogP contribution in [0.4, 0.5) is 4.39 Å². The Morgan fingerprint density at radius 3 is 2.55 bits per heavy atom. The Bertz CT molecular complexity index is 604. The van der Waals surface area contributed by atoms with Gasteiger partial charge in [0, 0.05) is 11.0 Å². The molecule has 0 saturated carbocycles. The van der Waals surface area contributed by atoms with Gasteiger partial charge in [-0.15, -0.1) is 0 Å². The molecule has 0 unspecified atom stereocenters. The molecule has 2 rings (SSSR count). The van der Waals surface area contributed by atoms with Crippen LogP contribution in [0.3, 0.4) is 0 Å². The average Bonchev–Trinajstić information content (AvgIpc) is 2.41. The van der Waals surface area contributed by atoms with E-state index in [0.717, 1.165) is 23.1 Å². The molecule has 0 atom stereocenters. The van der Waals surface area contributed by atoms with Crippen LogP contribution in [-0.4, -0.2) is 6.54 Å². The number of rotatable bonds is 5. The van der Waals surface area contributed by atoms with Gasteiger partial charge >= 0.3 is 0 Å². The second-order valence-corrected chi connectivity index (χ2v) is 5.92. The van der Waals surface area contributed by atoms with Crippen molar-refractivity contribution in [3.05, 3.63) is 56.7 Å². The summed E-state index contributed by atoms with van der Waals surface area (Å²) in [5.74, 6) is 0.980. The number of hydrogen-bond acceptors (Lipinski definition) is 2. The minimum Gasteiger partial charge on any atom is -0.456 e. The standard InChI is InChI=1S/C15H14Br2FNO/c1-2-19-9-10-3-5-12(8-13(10)16)20-15-6-4-11(18)7-14(15)17/h3-8,19H,2,9H2,1H3. The number of nitrogens with one attached hydrogen (secondary N) is 1. The van der Waals surface area contributed by atoms with Gasteiger partial charge in [0.05, 0.1) is 4.47 Å². The van der Waals surface area contributed by atoms with Gasteiger partial charge in [-0.2, -0.15) is 0 Å². The molecular weight excluding hydrogens is 389 g/mol. The molecule has 20 heavy (non-hydrogen) atoms. The second kappa shape index (κ2) is 7.20. The van der Waals surface area contributed by atoms with Crippen LogP contribution in [0.2, 0.25) is 0 Å². The molecule has 2 aromatic carbocycles. The smallest absolute Gasteiger partial charge is 0.141 e. The maximum Gasteiger partial charge on any atom is 0.141 e. The maximum absolute atomic E-state index is 13.0. The molecule has 0 spiro atoms. The van der Waals surface area contributed by atoms with Crippen molar-refractivity contribution in [3.8, 4) is 11.5 Å². The number of hydrogen-bond donors (Lipinski definition) is 1. The van der Waals surface area contributed by atoms with Crippen molar-refractivity contribution in [2.45, 2.75) is 13.5 Å². The first-order chi connectivity index (χ1) is 9.60. The first kappa shape index (κ1) is 15.5. The molecule has 0 bridgehead atoms. The molecule has 1 N–H and O–H groups in total. The van der Waals surface area contributed by atoms with Gasteiger partial charge in [0.25, 0.3) is 0 Å². The van der Waals surface area contributed by atoms with E-state index in [0.29, 0.717) is 16.0 Å². The zero-order chi connectivity index (χ0) is 14.5. The second-order valence-electron chi connectivity index (χ2n) is 4.21. The fraction of sp³-hybridized carbons (Fsp3) is 0.200. The van der Waals surface area contributed by atoms with Gasteiger partial charge in [-0.3, -0.25) is 0 Å². The summed E-state index contributed by atoms with van der Waals surface area (Å²) in [7, 11) is 0. The summed E-state index contributed by atoms with van der Waals surface area (Å²) in [5.41, 5.74) is 1.16. The van der Waals surface area contributed by atoms with Gasteiger partial charge in [-0.1, -0.05) is 28.9 Å². The lowest BCUT2D eigenvalue weighted by molar-refractivity contribution is 0.476. The molecule has 5 heteroatoms. The predicted octanol–water partition coefficient (Wildman–Crippen LogP) is 5.25. The summed E-state index contributed by atoms with van der Waals surface area (Å²) in [6, 6.07) is 10.1. The highest BCUT2D eigenvalue weighted by molar-refractivity contribution is 9.10. The topological polar surface area (TPSA) is 21.3 Å². The SMILES string of the molecule is CCNCc1ccc(Oc2ccc(F)cc2Br)cc1Br. The van der Waals surface area contributed by atoms with Crippen LogP contribution in [-0.2, 0) is 6.54 Å². The fourth-order valence-corrected chi connectivity index (χ4v) is 2.61. The molecule has 0 fully saturated rings. The third kappa shape index (κ3) is 4.04. The monoisotopic (exact) mass is 401 g/mol. The first-order valence-corrected chi connectivity index (χ1v) is 7.81. The lowest BCUT2D eigenvalue weighted by Crippen LogP contribution is -2.11. The summed E-state index contributed by atoms with van der Waals surface area (Å²) >= 11 is 6.81. The van der Waals surface area contributed by atoms with Crippen LogP contribution >= 0.6 is 31.9 Å². The van der Waals surface area contributed by atoms with Gasteiger partial charge in [0.15, 0.2) is 0 Å². The molecular formula is C15H14Br2FNO. The minimum atomic E-state index is -0.300. The summed E-state index contributed by atoms with van der Waals surface area (Å²) < 4.78 is 20.3.